The number of amides is 1. The first-order valence-corrected chi connectivity index (χ1v) is 8.68. The highest BCUT2D eigenvalue weighted by molar-refractivity contribution is 5.76. The number of hydrogen-bond acceptors (Lipinski definition) is 3. The third kappa shape index (κ3) is 3.69. The predicted octanol–water partition coefficient (Wildman–Crippen LogP) is 2.77. The Balaban J connectivity index is 1.56. The van der Waals surface area contributed by atoms with E-state index in [1.165, 1.54) is 32.1 Å². The minimum absolute atomic E-state index is 0.0237. The van der Waals surface area contributed by atoms with E-state index in [9.17, 15) is 4.79 Å². The van der Waals surface area contributed by atoms with E-state index in [2.05, 4.69) is 12.0 Å². The van der Waals surface area contributed by atoms with Gasteiger partial charge in [0.2, 0.25) is 5.91 Å². The van der Waals surface area contributed by atoms with Gasteiger partial charge >= 0.3 is 0 Å². The highest BCUT2D eigenvalue weighted by Gasteiger charge is 2.28. The molecule has 1 aromatic rings. The van der Waals surface area contributed by atoms with Gasteiger partial charge in [-0.3, -0.25) is 9.48 Å². The van der Waals surface area contributed by atoms with Crippen LogP contribution in [0.1, 0.15) is 57.1 Å². The summed E-state index contributed by atoms with van der Waals surface area (Å²) in [6.07, 6.45) is 11.0. The minimum Gasteiger partial charge on any atom is -0.370 e. The summed E-state index contributed by atoms with van der Waals surface area (Å²) in [6.45, 7) is 4.94. The fourth-order valence-corrected chi connectivity index (χ4v) is 3.56. The molecule has 122 valence electrons. The Kier molecular flexibility index (Phi) is 5.13. The van der Waals surface area contributed by atoms with Crippen molar-refractivity contribution in [3.05, 3.63) is 18.0 Å². The number of aromatic nitrogens is 2. The first kappa shape index (κ1) is 15.5. The molecule has 0 radical (unpaired) electrons. The van der Waals surface area contributed by atoms with Crippen molar-refractivity contribution < 1.29 is 9.53 Å². The van der Waals surface area contributed by atoms with Crippen LogP contribution >= 0.6 is 0 Å². The molecule has 5 nitrogen and oxygen atoms in total. The largest absolute Gasteiger partial charge is 0.370 e. The number of rotatable bonds is 4. The maximum atomic E-state index is 12.6. The summed E-state index contributed by atoms with van der Waals surface area (Å²) in [6, 6.07) is 0. The van der Waals surface area contributed by atoms with Crippen molar-refractivity contribution >= 4 is 5.91 Å². The Morgan fingerprint density at radius 2 is 2.18 bits per heavy atom. The molecule has 1 saturated carbocycles. The molecule has 0 bridgehead atoms. The summed E-state index contributed by atoms with van der Waals surface area (Å²) >= 11 is 0. The first-order valence-electron chi connectivity index (χ1n) is 8.68. The van der Waals surface area contributed by atoms with E-state index < -0.39 is 0 Å². The molecule has 0 aromatic carbocycles. The van der Waals surface area contributed by atoms with Crippen LogP contribution in [0.4, 0.5) is 0 Å². The van der Waals surface area contributed by atoms with Crippen molar-refractivity contribution in [1.29, 1.82) is 0 Å². The molecule has 1 amide bonds. The van der Waals surface area contributed by atoms with Crippen LogP contribution < -0.4 is 0 Å². The van der Waals surface area contributed by atoms with Crippen molar-refractivity contribution in [2.24, 2.45) is 5.92 Å². The lowest BCUT2D eigenvalue weighted by atomic mass is 9.86. The molecule has 3 rings (SSSR count). The second-order valence-electron chi connectivity index (χ2n) is 6.54. The summed E-state index contributed by atoms with van der Waals surface area (Å²) < 4.78 is 7.75. The van der Waals surface area contributed by atoms with Crippen LogP contribution in [0, 0.1) is 5.92 Å². The Morgan fingerprint density at radius 3 is 2.91 bits per heavy atom. The van der Waals surface area contributed by atoms with Gasteiger partial charge in [-0.25, -0.2) is 0 Å². The van der Waals surface area contributed by atoms with Gasteiger partial charge in [0.15, 0.2) is 0 Å². The molecule has 1 unspecified atom stereocenters. The molecule has 5 heteroatoms. The van der Waals surface area contributed by atoms with Crippen molar-refractivity contribution in [2.75, 3.05) is 19.7 Å². The van der Waals surface area contributed by atoms with Gasteiger partial charge in [-0.15, -0.1) is 0 Å². The fraction of sp³-hybridized carbons (Fsp3) is 0.765. The molecule has 22 heavy (non-hydrogen) atoms. The molecule has 1 aromatic heterocycles. The number of morpholine rings is 1. The van der Waals surface area contributed by atoms with Gasteiger partial charge in [-0.05, 0) is 25.7 Å². The molecular weight excluding hydrogens is 278 g/mol. The van der Waals surface area contributed by atoms with E-state index in [1.54, 1.807) is 0 Å². The van der Waals surface area contributed by atoms with Crippen molar-refractivity contribution in [1.82, 2.24) is 14.7 Å². The number of hydrogen-bond donors (Lipinski definition) is 0. The zero-order valence-electron chi connectivity index (χ0n) is 13.5. The third-order valence-electron chi connectivity index (χ3n) is 4.96. The lowest BCUT2D eigenvalue weighted by Gasteiger charge is -2.34. The van der Waals surface area contributed by atoms with Gasteiger partial charge in [0.05, 0.1) is 19.3 Å². The average Bonchev–Trinajstić information content (AvgIpc) is 3.05. The summed E-state index contributed by atoms with van der Waals surface area (Å²) in [5.41, 5.74) is 1.08. The van der Waals surface area contributed by atoms with E-state index in [0.717, 1.165) is 25.1 Å². The third-order valence-corrected chi connectivity index (χ3v) is 4.96. The Hall–Kier alpha value is -1.36. The summed E-state index contributed by atoms with van der Waals surface area (Å²) in [5.74, 6) is 0.911. The first-order chi connectivity index (χ1) is 10.8. The zero-order chi connectivity index (χ0) is 15.4. The molecule has 2 fully saturated rings. The van der Waals surface area contributed by atoms with E-state index in [0.29, 0.717) is 25.0 Å². The molecule has 1 aliphatic carbocycles. The Labute approximate surface area is 132 Å². The maximum absolute atomic E-state index is 12.6. The average molecular weight is 305 g/mol. The Bertz CT molecular complexity index is 494. The second kappa shape index (κ2) is 7.27. The van der Waals surface area contributed by atoms with Gasteiger partial charge in [0.1, 0.15) is 6.10 Å². The summed E-state index contributed by atoms with van der Waals surface area (Å²) in [7, 11) is 0. The quantitative estimate of drug-likeness (QED) is 0.859. The number of aryl methyl sites for hydroxylation is 1. The monoisotopic (exact) mass is 305 g/mol. The highest BCUT2D eigenvalue weighted by atomic mass is 16.5. The zero-order valence-corrected chi connectivity index (χ0v) is 13.5. The van der Waals surface area contributed by atoms with Gasteiger partial charge < -0.3 is 9.64 Å². The number of ether oxygens (including phenoxy) is 1. The predicted molar refractivity (Wildman–Crippen MR) is 84.4 cm³/mol. The number of nitrogens with zero attached hydrogens (tertiary/aromatic N) is 3. The summed E-state index contributed by atoms with van der Waals surface area (Å²) in [5, 5.41) is 4.31. The smallest absolute Gasteiger partial charge is 0.223 e. The molecule has 2 aliphatic rings. The van der Waals surface area contributed by atoms with Gasteiger partial charge in [-0.1, -0.05) is 19.3 Å². The number of carbonyl (C=O) groups excluding carboxylic acids is 1. The molecule has 0 spiro atoms. The van der Waals surface area contributed by atoms with E-state index in [1.807, 2.05) is 22.0 Å². The van der Waals surface area contributed by atoms with Crippen LogP contribution in [0.15, 0.2) is 12.4 Å². The SMILES string of the molecule is CCn1cc(C2CN(C(=O)CC3CCCCC3)CCO2)cn1. The van der Waals surface area contributed by atoms with E-state index in [4.69, 9.17) is 4.74 Å². The standard InChI is InChI=1S/C17H27N3O2/c1-2-20-12-15(11-18-20)16-13-19(8-9-22-16)17(21)10-14-6-4-3-5-7-14/h11-12,14,16H,2-10,13H2,1H3. The normalized spacial score (nSPS) is 23.7. The van der Waals surface area contributed by atoms with Crippen LogP contribution in [0.25, 0.3) is 0 Å². The summed E-state index contributed by atoms with van der Waals surface area (Å²) in [4.78, 5) is 14.5. The van der Waals surface area contributed by atoms with Crippen molar-refractivity contribution in [3.8, 4) is 0 Å². The molecule has 1 aliphatic heterocycles. The lowest BCUT2D eigenvalue weighted by Crippen LogP contribution is -2.42. The van der Waals surface area contributed by atoms with Crippen LogP contribution in [0.2, 0.25) is 0 Å². The molecular formula is C17H27N3O2. The van der Waals surface area contributed by atoms with Crippen LogP contribution in [0.5, 0.6) is 0 Å². The topological polar surface area (TPSA) is 47.4 Å². The van der Waals surface area contributed by atoms with Gasteiger partial charge in [0.25, 0.3) is 0 Å². The van der Waals surface area contributed by atoms with E-state index in [-0.39, 0.29) is 6.10 Å². The fourth-order valence-electron chi connectivity index (χ4n) is 3.56. The van der Waals surface area contributed by atoms with Gasteiger partial charge in [0, 0.05) is 31.3 Å². The molecule has 1 saturated heterocycles. The van der Waals surface area contributed by atoms with Crippen molar-refractivity contribution in [3.63, 3.8) is 0 Å². The lowest BCUT2D eigenvalue weighted by molar-refractivity contribution is -0.140. The minimum atomic E-state index is -0.0237. The van der Waals surface area contributed by atoms with Crippen LogP contribution in [-0.4, -0.2) is 40.3 Å². The number of carbonyl (C=O) groups is 1. The maximum Gasteiger partial charge on any atom is 0.223 e. The van der Waals surface area contributed by atoms with Crippen LogP contribution in [0.3, 0.4) is 0 Å². The highest BCUT2D eigenvalue weighted by Crippen LogP contribution is 2.28. The second-order valence-corrected chi connectivity index (χ2v) is 6.54. The van der Waals surface area contributed by atoms with Crippen molar-refractivity contribution in [2.45, 2.75) is 58.1 Å². The molecule has 1 atom stereocenters. The molecule has 2 heterocycles. The Morgan fingerprint density at radius 1 is 1.36 bits per heavy atom. The van der Waals surface area contributed by atoms with Gasteiger partial charge in [-0.2, -0.15) is 5.10 Å². The van der Waals surface area contributed by atoms with E-state index >= 15 is 0 Å². The molecule has 0 N–H and O–H groups in total. The van der Waals surface area contributed by atoms with Crippen LogP contribution in [-0.2, 0) is 16.1 Å².